The molecule has 0 unspecified atom stereocenters. The highest BCUT2D eigenvalue weighted by Gasteiger charge is 2.22. The molecule has 1 aromatic heterocycles. The van der Waals surface area contributed by atoms with E-state index in [0.717, 1.165) is 20.0 Å². The Morgan fingerprint density at radius 1 is 0.571 bits per heavy atom. The number of furan rings is 1. The molecule has 9 heteroatoms. The van der Waals surface area contributed by atoms with Gasteiger partial charge in [-0.1, -0.05) is 69.5 Å². The van der Waals surface area contributed by atoms with Crippen LogP contribution in [0, 0.1) is 0 Å². The van der Waals surface area contributed by atoms with Gasteiger partial charge in [0.1, 0.15) is 0 Å². The minimum absolute atomic E-state index is 0.888. The molecule has 21 heavy (non-hydrogen) atoms. The maximum atomic E-state index is 6.00. The van der Waals surface area contributed by atoms with Crippen LogP contribution in [0.5, 0.6) is 0 Å². The Morgan fingerprint density at radius 3 is 1.24 bits per heavy atom. The van der Waals surface area contributed by atoms with E-state index < -0.39 is 0 Å². The van der Waals surface area contributed by atoms with Crippen molar-refractivity contribution in [1.82, 2.24) is 0 Å². The molecular weight excluding hydrogens is 417 g/mol. The highest BCUT2D eigenvalue weighted by Crippen LogP contribution is 2.55. The molecule has 0 fully saturated rings. The lowest BCUT2D eigenvalue weighted by Gasteiger charge is -2.01. The van der Waals surface area contributed by atoms with Crippen molar-refractivity contribution in [1.29, 1.82) is 0 Å². The van der Waals surface area contributed by atoms with Gasteiger partial charge in [-0.05, 0) is 64.8 Å². The Balaban J connectivity index is 3.10. The highest BCUT2D eigenvalue weighted by atomic mass is 33.1. The Morgan fingerprint density at radius 2 is 0.905 bits per heavy atom. The first kappa shape index (κ1) is 20.1. The van der Waals surface area contributed by atoms with Crippen LogP contribution in [0.25, 0.3) is 0 Å². The molecule has 1 heterocycles. The van der Waals surface area contributed by atoms with E-state index in [-0.39, 0.29) is 0 Å². The molecule has 114 valence electrons. The van der Waals surface area contributed by atoms with Crippen molar-refractivity contribution in [2.24, 2.45) is 0 Å². The molecule has 0 spiro atoms. The smallest absolute Gasteiger partial charge is 0.188 e. The summed E-state index contributed by atoms with van der Waals surface area (Å²) < 4.78 is 6.00. The van der Waals surface area contributed by atoms with Crippen LogP contribution in [0.1, 0.15) is 0 Å². The van der Waals surface area contributed by atoms with E-state index in [1.165, 1.54) is 0 Å². The summed E-state index contributed by atoms with van der Waals surface area (Å²) in [5.41, 5.74) is 0. The van der Waals surface area contributed by atoms with Crippen molar-refractivity contribution in [2.45, 2.75) is 20.0 Å². The van der Waals surface area contributed by atoms with Gasteiger partial charge in [0, 0.05) is 0 Å². The van der Waals surface area contributed by atoms with E-state index in [0.29, 0.717) is 0 Å². The van der Waals surface area contributed by atoms with Gasteiger partial charge >= 0.3 is 0 Å². The largest absolute Gasteiger partial charge is 0.439 e. The van der Waals surface area contributed by atoms with Gasteiger partial charge in [0.2, 0.25) is 0 Å². The molecule has 1 rings (SSSR count). The van der Waals surface area contributed by atoms with Gasteiger partial charge in [0.05, 0.1) is 9.79 Å². The lowest BCUT2D eigenvalue weighted by molar-refractivity contribution is 0.386. The van der Waals surface area contributed by atoms with E-state index in [1.807, 2.05) is 10.8 Å². The molecule has 0 saturated carbocycles. The molecule has 0 aliphatic carbocycles. The number of hydrogen-bond acceptors (Lipinski definition) is 9. The third-order valence-corrected chi connectivity index (χ3v) is 9.55. The van der Waals surface area contributed by atoms with Crippen LogP contribution in [0.4, 0.5) is 0 Å². The van der Waals surface area contributed by atoms with E-state index in [1.54, 1.807) is 97.2 Å². The SMILES string of the molecule is C=CSSc1oc(SSC=C)c(SSC=C)c1SSC=C. The number of rotatable bonds is 12. The van der Waals surface area contributed by atoms with Gasteiger partial charge in [-0.15, -0.1) is 0 Å². The fourth-order valence-electron chi connectivity index (χ4n) is 0.935. The molecule has 1 aromatic rings. The first-order valence-corrected chi connectivity index (χ1v) is 14.1. The van der Waals surface area contributed by atoms with Crippen LogP contribution in [0.3, 0.4) is 0 Å². The van der Waals surface area contributed by atoms with Crippen LogP contribution in [0.2, 0.25) is 0 Å². The van der Waals surface area contributed by atoms with Gasteiger partial charge in [0.15, 0.2) is 10.2 Å². The fourth-order valence-corrected chi connectivity index (χ4v) is 8.18. The molecule has 0 aromatic carbocycles. The van der Waals surface area contributed by atoms with E-state index >= 15 is 0 Å². The Hall–Kier alpha value is 1.04. The van der Waals surface area contributed by atoms with Gasteiger partial charge in [-0.25, -0.2) is 0 Å². The van der Waals surface area contributed by atoms with Crippen molar-refractivity contribution >= 4 is 86.4 Å². The Kier molecular flexibility index (Phi) is 11.9. The summed E-state index contributed by atoms with van der Waals surface area (Å²) in [6.07, 6.45) is 0. The first-order valence-electron chi connectivity index (χ1n) is 5.22. The summed E-state index contributed by atoms with van der Waals surface area (Å²) in [6, 6.07) is 0. The topological polar surface area (TPSA) is 13.1 Å². The lowest BCUT2D eigenvalue weighted by atomic mass is 10.6. The van der Waals surface area contributed by atoms with Gasteiger partial charge in [-0.2, -0.15) is 0 Å². The predicted molar refractivity (Wildman–Crippen MR) is 113 cm³/mol. The second kappa shape index (κ2) is 12.5. The second-order valence-electron chi connectivity index (χ2n) is 2.72. The fraction of sp³-hybridized carbons (Fsp3) is 0. The average Bonchev–Trinajstić information content (AvgIpc) is 2.83. The molecule has 1 nitrogen and oxygen atoms in total. The zero-order chi connectivity index (χ0) is 15.5. The summed E-state index contributed by atoms with van der Waals surface area (Å²) in [4.78, 5) is 2.23. The molecule has 0 radical (unpaired) electrons. The van der Waals surface area contributed by atoms with E-state index in [4.69, 9.17) is 4.42 Å². The Bertz CT molecular complexity index is 453. The standard InChI is InChI=1S/C12H12OS8/c1-5-14-18-9-10(19-15-6-2)12(21-17-8-4)13-11(9)20-16-7-3/h5-8H,1-4H2. The number of hydrogen-bond donors (Lipinski definition) is 0. The first-order chi connectivity index (χ1) is 10.3. The van der Waals surface area contributed by atoms with Crippen molar-refractivity contribution in [2.75, 3.05) is 0 Å². The maximum absolute atomic E-state index is 6.00. The molecule has 0 aliphatic heterocycles. The third kappa shape index (κ3) is 6.99. The van der Waals surface area contributed by atoms with Crippen LogP contribution in [-0.4, -0.2) is 0 Å². The quantitative estimate of drug-likeness (QED) is 0.300. The van der Waals surface area contributed by atoms with Crippen molar-refractivity contribution in [3.63, 3.8) is 0 Å². The maximum Gasteiger partial charge on any atom is 0.188 e. The highest BCUT2D eigenvalue weighted by molar-refractivity contribution is 8.80. The van der Waals surface area contributed by atoms with Crippen LogP contribution in [-0.2, 0) is 0 Å². The zero-order valence-corrected chi connectivity index (χ0v) is 17.3. The minimum atomic E-state index is 0.888. The van der Waals surface area contributed by atoms with Gasteiger partial charge < -0.3 is 4.42 Å². The molecule has 0 bridgehead atoms. The van der Waals surface area contributed by atoms with Crippen molar-refractivity contribution in [3.8, 4) is 0 Å². The third-order valence-electron chi connectivity index (χ3n) is 1.55. The predicted octanol–water partition coefficient (Wildman–Crippen LogP) is 8.81. The Labute approximate surface area is 157 Å². The van der Waals surface area contributed by atoms with Crippen LogP contribution in [0.15, 0.2) is 72.3 Å². The van der Waals surface area contributed by atoms with E-state index in [2.05, 4.69) is 26.3 Å². The van der Waals surface area contributed by atoms with Crippen molar-refractivity contribution < 1.29 is 4.42 Å². The van der Waals surface area contributed by atoms with Crippen LogP contribution >= 0.6 is 86.4 Å². The summed E-state index contributed by atoms with van der Waals surface area (Å²) >= 11 is 0. The molecule has 0 saturated heterocycles. The summed E-state index contributed by atoms with van der Waals surface area (Å²) in [7, 11) is 12.7. The summed E-state index contributed by atoms with van der Waals surface area (Å²) in [5.74, 6) is 0. The molecule has 0 N–H and O–H groups in total. The second-order valence-corrected chi connectivity index (χ2v) is 11.4. The zero-order valence-electron chi connectivity index (χ0n) is 10.8. The molecule has 0 amide bonds. The lowest BCUT2D eigenvalue weighted by Crippen LogP contribution is -1.70. The van der Waals surface area contributed by atoms with Gasteiger partial charge in [0.25, 0.3) is 0 Å². The van der Waals surface area contributed by atoms with Crippen molar-refractivity contribution in [3.05, 3.63) is 47.9 Å². The van der Waals surface area contributed by atoms with Gasteiger partial charge in [-0.3, -0.25) is 0 Å². The van der Waals surface area contributed by atoms with E-state index in [9.17, 15) is 0 Å². The minimum Gasteiger partial charge on any atom is -0.439 e. The summed E-state index contributed by atoms with van der Waals surface area (Å²) in [5, 5.41) is 8.98. The van der Waals surface area contributed by atoms with Crippen LogP contribution < -0.4 is 0 Å². The molecule has 0 aliphatic rings. The summed E-state index contributed by atoms with van der Waals surface area (Å²) in [6.45, 7) is 14.9. The average molecular weight is 429 g/mol. The monoisotopic (exact) mass is 428 g/mol. The molecule has 0 atom stereocenters. The molecular formula is C12H12OS8. The normalized spacial score (nSPS) is 10.3.